The molecule has 1 atom stereocenters. The molecule has 0 bridgehead atoms. The molecular weight excluding hydrogens is 244 g/mol. The van der Waals surface area contributed by atoms with E-state index in [0.717, 1.165) is 0 Å². The van der Waals surface area contributed by atoms with Gasteiger partial charge in [-0.3, -0.25) is 4.79 Å². The third-order valence-electron chi connectivity index (χ3n) is 2.05. The summed E-state index contributed by atoms with van der Waals surface area (Å²) < 4.78 is 0. The van der Waals surface area contributed by atoms with Gasteiger partial charge in [-0.25, -0.2) is 0 Å². The Morgan fingerprint density at radius 1 is 1.29 bits per heavy atom. The van der Waals surface area contributed by atoms with Crippen molar-refractivity contribution in [1.82, 2.24) is 0 Å². The molecule has 1 unspecified atom stereocenters. The fourth-order valence-corrected chi connectivity index (χ4v) is 1.97. The van der Waals surface area contributed by atoms with Crippen molar-refractivity contribution in [3.8, 4) is 11.5 Å². The number of hydrogen-bond donors (Lipinski definition) is 4. The Bertz CT molecular complexity index is 393. The Labute approximate surface area is 103 Å². The highest BCUT2D eigenvalue weighted by Gasteiger charge is 2.10. The van der Waals surface area contributed by atoms with Crippen LogP contribution < -0.4 is 0 Å². The minimum atomic E-state index is -0.832. The van der Waals surface area contributed by atoms with E-state index < -0.39 is 6.10 Å². The van der Waals surface area contributed by atoms with Crippen molar-refractivity contribution >= 4 is 17.5 Å². The van der Waals surface area contributed by atoms with Crippen LogP contribution >= 0.6 is 11.8 Å². The van der Waals surface area contributed by atoms with Gasteiger partial charge in [0, 0.05) is 11.3 Å². The lowest BCUT2D eigenvalue weighted by Gasteiger charge is -2.06. The van der Waals surface area contributed by atoms with Crippen molar-refractivity contribution in [1.29, 1.82) is 0 Å². The molecule has 5 nitrogen and oxygen atoms in total. The molecule has 0 aliphatic rings. The molecule has 6 heteroatoms. The number of aliphatic hydroxyl groups is 2. The Balaban J connectivity index is 2.50. The summed E-state index contributed by atoms with van der Waals surface area (Å²) in [5, 5.41) is 35.9. The number of carbonyl (C=O) groups is 1. The monoisotopic (exact) mass is 258 g/mol. The molecule has 0 radical (unpaired) electrons. The van der Waals surface area contributed by atoms with Crippen LogP contribution in [0.5, 0.6) is 11.5 Å². The van der Waals surface area contributed by atoms with Crippen molar-refractivity contribution < 1.29 is 25.2 Å². The van der Waals surface area contributed by atoms with Crippen molar-refractivity contribution in [3.05, 3.63) is 23.8 Å². The maximum absolute atomic E-state index is 11.6. The van der Waals surface area contributed by atoms with Gasteiger partial charge < -0.3 is 20.4 Å². The highest BCUT2D eigenvalue weighted by atomic mass is 32.2. The minimum Gasteiger partial charge on any atom is -0.504 e. The first-order valence-corrected chi connectivity index (χ1v) is 6.12. The first kappa shape index (κ1) is 13.8. The average molecular weight is 258 g/mol. The standard InChI is InChI=1S/C11H14O5S/c12-4-8(13)5-17-6-11(16)7-1-2-9(14)10(15)3-7/h1-3,8,12-15H,4-6H2. The van der Waals surface area contributed by atoms with E-state index >= 15 is 0 Å². The van der Waals surface area contributed by atoms with Gasteiger partial charge in [0.1, 0.15) is 0 Å². The number of hydrogen-bond acceptors (Lipinski definition) is 6. The average Bonchev–Trinajstić information content (AvgIpc) is 2.32. The van der Waals surface area contributed by atoms with Crippen molar-refractivity contribution in [2.45, 2.75) is 6.10 Å². The summed E-state index contributed by atoms with van der Waals surface area (Å²) in [6, 6.07) is 3.86. The Kier molecular flexibility index (Phi) is 5.27. The summed E-state index contributed by atoms with van der Waals surface area (Å²) in [6.07, 6.45) is -0.832. The first-order valence-electron chi connectivity index (χ1n) is 4.96. The molecule has 0 amide bonds. The molecule has 17 heavy (non-hydrogen) atoms. The zero-order chi connectivity index (χ0) is 12.8. The molecule has 0 heterocycles. The predicted octanol–water partition coefficient (Wildman–Crippen LogP) is 0.367. The van der Waals surface area contributed by atoms with Crippen molar-refractivity contribution in [2.75, 3.05) is 18.1 Å². The predicted molar refractivity (Wildman–Crippen MR) is 64.5 cm³/mol. The molecular formula is C11H14O5S. The molecule has 0 aliphatic heterocycles. The lowest BCUT2D eigenvalue weighted by Crippen LogP contribution is -2.16. The number of rotatable bonds is 6. The van der Waals surface area contributed by atoms with Gasteiger partial charge in [-0.1, -0.05) is 0 Å². The lowest BCUT2D eigenvalue weighted by molar-refractivity contribution is 0.102. The number of ketones is 1. The van der Waals surface area contributed by atoms with Crippen molar-refractivity contribution in [3.63, 3.8) is 0 Å². The summed E-state index contributed by atoms with van der Waals surface area (Å²) in [5.74, 6) is -0.412. The van der Waals surface area contributed by atoms with Crippen LogP contribution in [0.2, 0.25) is 0 Å². The molecule has 1 rings (SSSR count). The first-order chi connectivity index (χ1) is 8.04. The van der Waals surface area contributed by atoms with Crippen LogP contribution in [0, 0.1) is 0 Å². The summed E-state index contributed by atoms with van der Waals surface area (Å²) >= 11 is 1.20. The van der Waals surface area contributed by atoms with Crippen LogP contribution in [0.15, 0.2) is 18.2 Å². The largest absolute Gasteiger partial charge is 0.504 e. The quantitative estimate of drug-likeness (QED) is 0.434. The molecule has 0 fully saturated rings. The van der Waals surface area contributed by atoms with Gasteiger partial charge in [-0.15, -0.1) is 0 Å². The number of carbonyl (C=O) groups excluding carboxylic acids is 1. The van der Waals surface area contributed by atoms with Gasteiger partial charge in [-0.2, -0.15) is 11.8 Å². The van der Waals surface area contributed by atoms with Gasteiger partial charge in [-0.05, 0) is 18.2 Å². The van der Waals surface area contributed by atoms with E-state index in [-0.39, 0.29) is 35.4 Å². The molecule has 0 saturated carbocycles. The second kappa shape index (κ2) is 6.48. The van der Waals surface area contributed by atoms with Gasteiger partial charge >= 0.3 is 0 Å². The third-order valence-corrected chi connectivity index (χ3v) is 3.14. The molecule has 1 aromatic carbocycles. The molecule has 1 aromatic rings. The minimum absolute atomic E-state index is 0.140. The maximum atomic E-state index is 11.6. The van der Waals surface area contributed by atoms with E-state index in [1.807, 2.05) is 0 Å². The van der Waals surface area contributed by atoms with Gasteiger partial charge in [0.2, 0.25) is 0 Å². The molecule has 0 spiro atoms. The third kappa shape index (κ3) is 4.26. The van der Waals surface area contributed by atoms with E-state index in [2.05, 4.69) is 0 Å². The van der Waals surface area contributed by atoms with Crippen LogP contribution in [0.25, 0.3) is 0 Å². The van der Waals surface area contributed by atoms with Gasteiger partial charge in [0.05, 0.1) is 18.5 Å². The van der Waals surface area contributed by atoms with Crippen LogP contribution in [0.4, 0.5) is 0 Å². The Morgan fingerprint density at radius 2 is 2.00 bits per heavy atom. The smallest absolute Gasteiger partial charge is 0.172 e. The lowest BCUT2D eigenvalue weighted by atomic mass is 10.1. The van der Waals surface area contributed by atoms with Crippen LogP contribution in [-0.4, -0.2) is 50.4 Å². The van der Waals surface area contributed by atoms with Crippen molar-refractivity contribution in [2.24, 2.45) is 0 Å². The van der Waals surface area contributed by atoms with Crippen LogP contribution in [0.3, 0.4) is 0 Å². The second-order valence-corrected chi connectivity index (χ2v) is 4.51. The summed E-state index contributed by atoms with van der Waals surface area (Å²) in [7, 11) is 0. The maximum Gasteiger partial charge on any atom is 0.172 e. The fourth-order valence-electron chi connectivity index (χ4n) is 1.12. The Hall–Kier alpha value is -1.24. The SMILES string of the molecule is O=C(CSCC(O)CO)c1ccc(O)c(O)c1. The number of phenolic OH excluding ortho intramolecular Hbond substituents is 2. The number of thioether (sulfide) groups is 1. The van der Waals surface area contributed by atoms with Crippen LogP contribution in [0.1, 0.15) is 10.4 Å². The number of aromatic hydroxyl groups is 2. The normalized spacial score (nSPS) is 12.4. The molecule has 0 aromatic heterocycles. The topological polar surface area (TPSA) is 98.0 Å². The number of phenols is 2. The highest BCUT2D eigenvalue weighted by Crippen LogP contribution is 2.25. The van der Waals surface area contributed by atoms with E-state index in [0.29, 0.717) is 5.56 Å². The molecule has 94 valence electrons. The summed E-state index contributed by atoms with van der Waals surface area (Å²) in [5.41, 5.74) is 0.297. The Morgan fingerprint density at radius 3 is 2.59 bits per heavy atom. The van der Waals surface area contributed by atoms with E-state index in [4.69, 9.17) is 15.3 Å². The molecule has 0 saturated heterocycles. The van der Waals surface area contributed by atoms with E-state index in [1.54, 1.807) is 0 Å². The molecule has 0 aliphatic carbocycles. The summed E-state index contributed by atoms with van der Waals surface area (Å²) in [6.45, 7) is -0.332. The zero-order valence-electron chi connectivity index (χ0n) is 9.04. The van der Waals surface area contributed by atoms with E-state index in [9.17, 15) is 9.90 Å². The van der Waals surface area contributed by atoms with E-state index in [1.165, 1.54) is 30.0 Å². The highest BCUT2D eigenvalue weighted by molar-refractivity contribution is 8.00. The van der Waals surface area contributed by atoms with Crippen LogP contribution in [-0.2, 0) is 0 Å². The number of aliphatic hydroxyl groups excluding tert-OH is 2. The number of benzene rings is 1. The fraction of sp³-hybridized carbons (Fsp3) is 0.364. The van der Waals surface area contributed by atoms with Gasteiger partial charge in [0.25, 0.3) is 0 Å². The molecule has 4 N–H and O–H groups in total. The second-order valence-electron chi connectivity index (χ2n) is 3.48. The zero-order valence-corrected chi connectivity index (χ0v) is 9.85. The number of Topliss-reactive ketones (excluding diaryl/α,β-unsaturated/α-hetero) is 1. The van der Waals surface area contributed by atoms with Gasteiger partial charge in [0.15, 0.2) is 17.3 Å². The summed E-state index contributed by atoms with van der Waals surface area (Å²) in [4.78, 5) is 11.6.